The lowest BCUT2D eigenvalue weighted by molar-refractivity contribution is -0.145. The van der Waals surface area contributed by atoms with E-state index in [0.29, 0.717) is 39.2 Å². The van der Waals surface area contributed by atoms with Crippen LogP contribution in [0, 0.1) is 0 Å². The predicted molar refractivity (Wildman–Crippen MR) is 80.1 cm³/mol. The van der Waals surface area contributed by atoms with Crippen LogP contribution in [0.4, 0.5) is 4.79 Å². The molecule has 0 spiro atoms. The molecule has 21 heavy (non-hydrogen) atoms. The van der Waals surface area contributed by atoms with Gasteiger partial charge in [0.1, 0.15) is 5.60 Å². The minimum atomic E-state index is -0.486. The lowest BCUT2D eigenvalue weighted by Crippen LogP contribution is -2.55. The molecule has 1 unspecified atom stereocenters. The summed E-state index contributed by atoms with van der Waals surface area (Å²) >= 11 is 0. The normalized spacial score (nSPS) is 18.4. The van der Waals surface area contributed by atoms with Crippen molar-refractivity contribution in [3.63, 3.8) is 0 Å². The van der Waals surface area contributed by atoms with Gasteiger partial charge in [0, 0.05) is 39.2 Å². The zero-order valence-electron chi connectivity index (χ0n) is 13.8. The molecule has 6 heteroatoms. The molecule has 0 aromatic carbocycles. The van der Waals surface area contributed by atoms with Crippen LogP contribution in [0.25, 0.3) is 0 Å². The van der Waals surface area contributed by atoms with E-state index in [2.05, 4.69) is 0 Å². The summed E-state index contributed by atoms with van der Waals surface area (Å²) in [6, 6.07) is 0. The Balaban J connectivity index is 2.54. The Morgan fingerprint density at radius 2 is 1.67 bits per heavy atom. The van der Waals surface area contributed by atoms with Gasteiger partial charge in [-0.05, 0) is 27.7 Å². The van der Waals surface area contributed by atoms with Gasteiger partial charge in [-0.3, -0.25) is 9.69 Å². The van der Waals surface area contributed by atoms with Gasteiger partial charge < -0.3 is 14.4 Å². The molecule has 1 aliphatic rings. The highest BCUT2D eigenvalue weighted by Crippen LogP contribution is 2.14. The van der Waals surface area contributed by atoms with Crippen LogP contribution in [-0.4, -0.2) is 66.3 Å². The number of hydrogen-bond acceptors (Lipinski definition) is 5. The van der Waals surface area contributed by atoms with E-state index in [1.807, 2.05) is 39.5 Å². The molecule has 1 aliphatic heterocycles. The van der Waals surface area contributed by atoms with Crippen molar-refractivity contribution >= 4 is 11.9 Å². The van der Waals surface area contributed by atoms with E-state index in [4.69, 9.17) is 9.47 Å². The van der Waals surface area contributed by atoms with E-state index < -0.39 is 11.8 Å². The number of piperazine rings is 1. The summed E-state index contributed by atoms with van der Waals surface area (Å²) in [4.78, 5) is 27.6. The van der Waals surface area contributed by atoms with Crippen molar-refractivity contribution in [2.24, 2.45) is 0 Å². The Kier molecular flexibility index (Phi) is 6.61. The largest absolute Gasteiger partial charge is 0.444 e. The predicted octanol–water partition coefficient (Wildman–Crippen LogP) is 1.88. The highest BCUT2D eigenvalue weighted by Gasteiger charge is 2.31. The summed E-state index contributed by atoms with van der Waals surface area (Å²) < 4.78 is 10.9. The fraction of sp³-hybridized carbons (Fsp3) is 0.867. The molecule has 1 saturated heterocycles. The summed E-state index contributed by atoms with van der Waals surface area (Å²) in [7, 11) is 0. The molecule has 0 saturated carbocycles. The van der Waals surface area contributed by atoms with E-state index in [1.54, 1.807) is 4.90 Å². The monoisotopic (exact) mass is 300 g/mol. The van der Waals surface area contributed by atoms with Gasteiger partial charge in [0.05, 0.1) is 0 Å². The molecule has 0 bridgehead atoms. The maximum Gasteiger partial charge on any atom is 0.410 e. The molecule has 0 aromatic heterocycles. The highest BCUT2D eigenvalue weighted by molar-refractivity contribution is 5.82. The number of amides is 1. The second kappa shape index (κ2) is 7.75. The molecule has 0 N–H and O–H groups in total. The number of ether oxygens (including phenoxy) is 2. The molecule has 6 nitrogen and oxygen atoms in total. The summed E-state index contributed by atoms with van der Waals surface area (Å²) in [6.07, 6.45) is -0.325. The second-order valence-corrected chi connectivity index (χ2v) is 6.13. The van der Waals surface area contributed by atoms with Crippen molar-refractivity contribution in [1.82, 2.24) is 9.80 Å². The SMILES string of the molecule is CCOC(C(=O)CC)N1CCN(C(=O)OC(C)(C)C)CC1. The first kappa shape index (κ1) is 17.9. The smallest absolute Gasteiger partial charge is 0.410 e. The second-order valence-electron chi connectivity index (χ2n) is 6.13. The first-order valence-corrected chi connectivity index (χ1v) is 7.64. The molecule has 1 heterocycles. The maximum atomic E-state index is 12.0. The average molecular weight is 300 g/mol. The molecule has 0 aliphatic carbocycles. The molecular weight excluding hydrogens is 272 g/mol. The molecule has 0 radical (unpaired) electrons. The highest BCUT2D eigenvalue weighted by atomic mass is 16.6. The number of ketones is 1. The van der Waals surface area contributed by atoms with Crippen LogP contribution in [0.1, 0.15) is 41.0 Å². The standard InChI is InChI=1S/C15H28N2O4/c1-6-12(18)13(20-7-2)16-8-10-17(11-9-16)14(19)21-15(3,4)5/h13H,6-11H2,1-5H3. The van der Waals surface area contributed by atoms with E-state index in [0.717, 1.165) is 0 Å². The molecular formula is C15H28N2O4. The number of rotatable bonds is 5. The van der Waals surface area contributed by atoms with Crippen molar-refractivity contribution in [2.45, 2.75) is 52.9 Å². The first-order chi connectivity index (χ1) is 9.78. The third kappa shape index (κ3) is 5.63. The Labute approximate surface area is 127 Å². The van der Waals surface area contributed by atoms with Crippen LogP contribution in [0.5, 0.6) is 0 Å². The van der Waals surface area contributed by atoms with Crippen LogP contribution in [0.3, 0.4) is 0 Å². The van der Waals surface area contributed by atoms with Crippen molar-refractivity contribution in [3.05, 3.63) is 0 Å². The lowest BCUT2D eigenvalue weighted by Gasteiger charge is -2.38. The number of carbonyl (C=O) groups excluding carboxylic acids is 2. The lowest BCUT2D eigenvalue weighted by atomic mass is 10.2. The van der Waals surface area contributed by atoms with Crippen LogP contribution in [0.15, 0.2) is 0 Å². The summed E-state index contributed by atoms with van der Waals surface area (Å²) in [5.41, 5.74) is -0.486. The van der Waals surface area contributed by atoms with Gasteiger partial charge in [0.15, 0.2) is 12.0 Å². The summed E-state index contributed by atoms with van der Waals surface area (Å²) in [6.45, 7) is 12.1. The van der Waals surface area contributed by atoms with Crippen LogP contribution in [-0.2, 0) is 14.3 Å². The van der Waals surface area contributed by atoms with Crippen molar-refractivity contribution in [3.8, 4) is 0 Å². The first-order valence-electron chi connectivity index (χ1n) is 7.64. The summed E-state index contributed by atoms with van der Waals surface area (Å²) in [5.74, 6) is 0.0857. The fourth-order valence-electron chi connectivity index (χ4n) is 2.20. The third-order valence-corrected chi connectivity index (χ3v) is 3.25. The quantitative estimate of drug-likeness (QED) is 0.776. The molecule has 122 valence electrons. The van der Waals surface area contributed by atoms with Crippen molar-refractivity contribution < 1.29 is 19.1 Å². The Bertz CT molecular complexity index is 357. The van der Waals surface area contributed by atoms with Gasteiger partial charge in [-0.1, -0.05) is 6.92 Å². The van der Waals surface area contributed by atoms with Gasteiger partial charge in [-0.25, -0.2) is 4.79 Å². The van der Waals surface area contributed by atoms with Gasteiger partial charge in [-0.2, -0.15) is 0 Å². The van der Waals surface area contributed by atoms with Crippen LogP contribution in [0.2, 0.25) is 0 Å². The molecule has 1 amide bonds. The topological polar surface area (TPSA) is 59.1 Å². The molecule has 1 rings (SSSR count). The van der Waals surface area contributed by atoms with Crippen LogP contribution >= 0.6 is 0 Å². The number of Topliss-reactive ketones (excluding diaryl/α,β-unsaturated/α-hetero) is 1. The molecule has 1 fully saturated rings. The summed E-state index contributed by atoms with van der Waals surface area (Å²) in [5, 5.41) is 0. The van der Waals surface area contributed by atoms with Crippen molar-refractivity contribution in [2.75, 3.05) is 32.8 Å². The van der Waals surface area contributed by atoms with Gasteiger partial charge >= 0.3 is 6.09 Å². The van der Waals surface area contributed by atoms with E-state index >= 15 is 0 Å². The number of carbonyl (C=O) groups is 2. The molecule has 1 atom stereocenters. The van der Waals surface area contributed by atoms with Crippen LogP contribution < -0.4 is 0 Å². The Morgan fingerprint density at radius 1 is 1.10 bits per heavy atom. The van der Waals surface area contributed by atoms with Gasteiger partial charge in [-0.15, -0.1) is 0 Å². The minimum absolute atomic E-state index is 0.0857. The zero-order valence-corrected chi connectivity index (χ0v) is 13.8. The number of nitrogens with zero attached hydrogens (tertiary/aromatic N) is 2. The fourth-order valence-corrected chi connectivity index (χ4v) is 2.20. The van der Waals surface area contributed by atoms with E-state index in [9.17, 15) is 9.59 Å². The van der Waals surface area contributed by atoms with Crippen molar-refractivity contribution in [1.29, 1.82) is 0 Å². The van der Waals surface area contributed by atoms with E-state index in [1.165, 1.54) is 0 Å². The maximum absolute atomic E-state index is 12.0. The van der Waals surface area contributed by atoms with Gasteiger partial charge in [0.2, 0.25) is 0 Å². The van der Waals surface area contributed by atoms with Gasteiger partial charge in [0.25, 0.3) is 0 Å². The molecule has 0 aromatic rings. The Morgan fingerprint density at radius 3 is 2.10 bits per heavy atom. The zero-order chi connectivity index (χ0) is 16.0. The average Bonchev–Trinajstić information content (AvgIpc) is 2.42. The van der Waals surface area contributed by atoms with E-state index in [-0.39, 0.29) is 11.9 Å². The Hall–Kier alpha value is -1.14. The number of hydrogen-bond donors (Lipinski definition) is 0. The minimum Gasteiger partial charge on any atom is -0.444 e. The third-order valence-electron chi connectivity index (χ3n) is 3.25.